The summed E-state index contributed by atoms with van der Waals surface area (Å²) in [6.07, 6.45) is 0. The van der Waals surface area contributed by atoms with E-state index in [2.05, 4.69) is 23.8 Å². The van der Waals surface area contributed by atoms with E-state index in [1.807, 2.05) is 0 Å². The normalized spacial score (nSPS) is 27.9. The van der Waals surface area contributed by atoms with Crippen LogP contribution >= 0.6 is 0 Å². The highest BCUT2D eigenvalue weighted by molar-refractivity contribution is 4.80. The number of methoxy groups -OCH3 is 1. The fourth-order valence-corrected chi connectivity index (χ4v) is 2.02. The molecule has 0 amide bonds. The van der Waals surface area contributed by atoms with Gasteiger partial charge in [-0.25, -0.2) is 0 Å². The Kier molecular flexibility index (Phi) is 4.81. The molecule has 1 aliphatic heterocycles. The Morgan fingerprint density at radius 2 is 2.21 bits per heavy atom. The first-order valence-electron chi connectivity index (χ1n) is 5.30. The lowest BCUT2D eigenvalue weighted by Gasteiger charge is -2.39. The molecule has 4 heteroatoms. The molecule has 1 fully saturated rings. The van der Waals surface area contributed by atoms with E-state index in [0.717, 1.165) is 26.2 Å². The van der Waals surface area contributed by atoms with Crippen molar-refractivity contribution in [1.29, 1.82) is 0 Å². The molecule has 14 heavy (non-hydrogen) atoms. The van der Waals surface area contributed by atoms with Crippen molar-refractivity contribution in [3.8, 4) is 0 Å². The fraction of sp³-hybridized carbons (Fsp3) is 1.00. The van der Waals surface area contributed by atoms with E-state index in [9.17, 15) is 0 Å². The molecular weight excluding hydrogens is 178 g/mol. The first kappa shape index (κ1) is 11.9. The second-order valence-electron chi connectivity index (χ2n) is 4.32. The number of hydrogen-bond acceptors (Lipinski definition) is 4. The van der Waals surface area contributed by atoms with E-state index in [4.69, 9.17) is 10.5 Å². The van der Waals surface area contributed by atoms with Crippen molar-refractivity contribution in [2.45, 2.75) is 19.0 Å². The Bertz CT molecular complexity index is 165. The van der Waals surface area contributed by atoms with Gasteiger partial charge in [-0.1, -0.05) is 0 Å². The average molecular weight is 201 g/mol. The summed E-state index contributed by atoms with van der Waals surface area (Å²) in [6.45, 7) is 7.26. The molecular formula is C10H23N3O. The van der Waals surface area contributed by atoms with Gasteiger partial charge in [-0.3, -0.25) is 4.90 Å². The molecule has 0 aromatic carbocycles. The summed E-state index contributed by atoms with van der Waals surface area (Å²) in [5.74, 6) is 0. The monoisotopic (exact) mass is 201 g/mol. The minimum absolute atomic E-state index is 0.144. The molecule has 1 heterocycles. The fourth-order valence-electron chi connectivity index (χ4n) is 2.02. The molecule has 2 unspecified atom stereocenters. The van der Waals surface area contributed by atoms with E-state index in [-0.39, 0.29) is 6.04 Å². The Balaban J connectivity index is 2.29. The molecule has 2 atom stereocenters. The van der Waals surface area contributed by atoms with Crippen molar-refractivity contribution in [2.24, 2.45) is 5.73 Å². The summed E-state index contributed by atoms with van der Waals surface area (Å²) in [6, 6.07) is 0.752. The van der Waals surface area contributed by atoms with Gasteiger partial charge < -0.3 is 15.4 Å². The van der Waals surface area contributed by atoms with Crippen LogP contribution in [0, 0.1) is 0 Å². The molecule has 4 nitrogen and oxygen atoms in total. The smallest absolute Gasteiger partial charge is 0.0626 e. The quantitative estimate of drug-likeness (QED) is 0.672. The zero-order valence-electron chi connectivity index (χ0n) is 9.57. The summed E-state index contributed by atoms with van der Waals surface area (Å²) < 4.78 is 5.04. The van der Waals surface area contributed by atoms with Gasteiger partial charge in [0.15, 0.2) is 0 Å². The number of nitrogens with zero attached hydrogens (tertiary/aromatic N) is 2. The van der Waals surface area contributed by atoms with Crippen molar-refractivity contribution in [1.82, 2.24) is 9.80 Å². The lowest BCUT2D eigenvalue weighted by molar-refractivity contribution is 0.0797. The topological polar surface area (TPSA) is 41.7 Å². The molecule has 0 bridgehead atoms. The summed E-state index contributed by atoms with van der Waals surface area (Å²) >= 11 is 0. The number of hydrogen-bond donors (Lipinski definition) is 1. The van der Waals surface area contributed by atoms with E-state index in [1.165, 1.54) is 0 Å². The summed E-state index contributed by atoms with van der Waals surface area (Å²) in [5, 5.41) is 0. The van der Waals surface area contributed by atoms with Crippen LogP contribution in [0.3, 0.4) is 0 Å². The lowest BCUT2D eigenvalue weighted by Crippen LogP contribution is -2.54. The second kappa shape index (κ2) is 5.66. The van der Waals surface area contributed by atoms with Gasteiger partial charge in [0.2, 0.25) is 0 Å². The van der Waals surface area contributed by atoms with Crippen LogP contribution in [0.5, 0.6) is 0 Å². The summed E-state index contributed by atoms with van der Waals surface area (Å²) in [7, 11) is 3.87. The predicted octanol–water partition coefficient (Wildman–Crippen LogP) is -0.404. The maximum Gasteiger partial charge on any atom is 0.0626 e. The van der Waals surface area contributed by atoms with Crippen LogP contribution in [0.4, 0.5) is 0 Å². The Labute approximate surface area is 87.0 Å². The molecule has 0 aromatic rings. The van der Waals surface area contributed by atoms with E-state index >= 15 is 0 Å². The standard InChI is InChI=1S/C10H23N3O/c1-9-6-12(2)4-5-13(9)7-10(11)8-14-3/h9-10H,4-8,11H2,1-3H3. The predicted molar refractivity (Wildman–Crippen MR) is 58.4 cm³/mol. The SMILES string of the molecule is COCC(N)CN1CCN(C)CC1C. The van der Waals surface area contributed by atoms with Gasteiger partial charge in [0.1, 0.15) is 0 Å². The van der Waals surface area contributed by atoms with Crippen molar-refractivity contribution in [3.63, 3.8) is 0 Å². The lowest BCUT2D eigenvalue weighted by atomic mass is 10.1. The van der Waals surface area contributed by atoms with Crippen molar-refractivity contribution in [2.75, 3.05) is 46.9 Å². The molecule has 2 N–H and O–H groups in total. The van der Waals surface area contributed by atoms with Crippen LogP contribution in [0.15, 0.2) is 0 Å². The molecule has 1 aliphatic rings. The van der Waals surface area contributed by atoms with Gasteiger partial charge in [-0.15, -0.1) is 0 Å². The van der Waals surface area contributed by atoms with Gasteiger partial charge in [0, 0.05) is 45.4 Å². The first-order valence-corrected chi connectivity index (χ1v) is 5.30. The van der Waals surface area contributed by atoms with E-state index in [1.54, 1.807) is 7.11 Å². The molecule has 0 radical (unpaired) electrons. The van der Waals surface area contributed by atoms with Crippen LogP contribution < -0.4 is 5.73 Å². The van der Waals surface area contributed by atoms with Crippen LogP contribution in [0.25, 0.3) is 0 Å². The Morgan fingerprint density at radius 3 is 2.79 bits per heavy atom. The van der Waals surface area contributed by atoms with Crippen LogP contribution in [0.1, 0.15) is 6.92 Å². The van der Waals surface area contributed by atoms with Crippen LogP contribution in [-0.2, 0) is 4.74 Å². The number of nitrogens with two attached hydrogens (primary N) is 1. The van der Waals surface area contributed by atoms with Crippen LogP contribution in [-0.4, -0.2) is 68.8 Å². The van der Waals surface area contributed by atoms with Crippen molar-refractivity contribution < 1.29 is 4.74 Å². The molecule has 1 rings (SSSR count). The highest BCUT2D eigenvalue weighted by atomic mass is 16.5. The van der Waals surface area contributed by atoms with Gasteiger partial charge in [0.05, 0.1) is 6.61 Å². The van der Waals surface area contributed by atoms with E-state index in [0.29, 0.717) is 12.6 Å². The van der Waals surface area contributed by atoms with Crippen molar-refractivity contribution >= 4 is 0 Å². The average Bonchev–Trinajstić information content (AvgIpc) is 2.10. The second-order valence-corrected chi connectivity index (χ2v) is 4.32. The van der Waals surface area contributed by atoms with Gasteiger partial charge in [0.25, 0.3) is 0 Å². The zero-order chi connectivity index (χ0) is 10.6. The first-order chi connectivity index (χ1) is 6.63. The third-order valence-corrected chi connectivity index (χ3v) is 2.82. The zero-order valence-corrected chi connectivity index (χ0v) is 9.57. The van der Waals surface area contributed by atoms with Crippen molar-refractivity contribution in [3.05, 3.63) is 0 Å². The molecule has 0 saturated carbocycles. The van der Waals surface area contributed by atoms with Gasteiger partial charge in [-0.05, 0) is 14.0 Å². The molecule has 0 spiro atoms. The largest absolute Gasteiger partial charge is 0.383 e. The van der Waals surface area contributed by atoms with Crippen LogP contribution in [0.2, 0.25) is 0 Å². The number of ether oxygens (including phenoxy) is 1. The summed E-state index contributed by atoms with van der Waals surface area (Å²) in [4.78, 5) is 4.81. The minimum Gasteiger partial charge on any atom is -0.383 e. The molecule has 1 saturated heterocycles. The Morgan fingerprint density at radius 1 is 1.50 bits per heavy atom. The summed E-state index contributed by atoms with van der Waals surface area (Å²) in [5.41, 5.74) is 5.93. The highest BCUT2D eigenvalue weighted by Crippen LogP contribution is 2.07. The Hall–Kier alpha value is -0.160. The molecule has 0 aliphatic carbocycles. The number of piperazine rings is 1. The molecule has 0 aromatic heterocycles. The minimum atomic E-state index is 0.144. The third-order valence-electron chi connectivity index (χ3n) is 2.82. The number of rotatable bonds is 4. The third kappa shape index (κ3) is 3.53. The maximum absolute atomic E-state index is 5.93. The van der Waals surface area contributed by atoms with Gasteiger partial charge >= 0.3 is 0 Å². The van der Waals surface area contributed by atoms with Gasteiger partial charge in [-0.2, -0.15) is 0 Å². The van der Waals surface area contributed by atoms with E-state index < -0.39 is 0 Å². The number of likely N-dealkylation sites (N-methyl/N-ethyl adjacent to an activating group) is 1. The maximum atomic E-state index is 5.93. The molecule has 84 valence electrons. The highest BCUT2D eigenvalue weighted by Gasteiger charge is 2.22.